The predicted octanol–water partition coefficient (Wildman–Crippen LogP) is 3.37. The summed E-state index contributed by atoms with van der Waals surface area (Å²) in [6.45, 7) is 5.22. The fraction of sp³-hybridized carbons (Fsp3) is 0.500. The minimum Gasteiger partial charge on any atom is -0.339 e. The van der Waals surface area contributed by atoms with Gasteiger partial charge in [-0.05, 0) is 30.4 Å². The molecule has 5 heteroatoms. The molecule has 1 aliphatic rings. The molecule has 0 aromatic heterocycles. The standard InChI is InChI=1S/C14H16F3NO/c1-14(2)5-7-18(8-6-14)13(19)9-3-4-10(15)12(17)11(9)16/h3-4H,5-8H2,1-2H3. The van der Waals surface area contributed by atoms with Crippen LogP contribution in [0.15, 0.2) is 12.1 Å². The molecule has 0 N–H and O–H groups in total. The van der Waals surface area contributed by atoms with Gasteiger partial charge in [0.25, 0.3) is 5.91 Å². The highest BCUT2D eigenvalue weighted by atomic mass is 19.2. The molecule has 1 fully saturated rings. The second-order valence-electron chi connectivity index (χ2n) is 5.68. The molecule has 1 aromatic carbocycles. The van der Waals surface area contributed by atoms with E-state index in [-0.39, 0.29) is 5.41 Å². The largest absolute Gasteiger partial charge is 0.339 e. The first-order valence-corrected chi connectivity index (χ1v) is 6.24. The summed E-state index contributed by atoms with van der Waals surface area (Å²) in [5.74, 6) is -4.86. The van der Waals surface area contributed by atoms with Crippen molar-refractivity contribution in [1.82, 2.24) is 4.90 Å². The highest BCUT2D eigenvalue weighted by Gasteiger charge is 2.30. The van der Waals surface area contributed by atoms with Gasteiger partial charge in [-0.1, -0.05) is 13.8 Å². The Labute approximate surface area is 110 Å². The fourth-order valence-corrected chi connectivity index (χ4v) is 2.18. The zero-order chi connectivity index (χ0) is 14.2. The minimum atomic E-state index is -1.59. The van der Waals surface area contributed by atoms with Crippen molar-refractivity contribution in [2.24, 2.45) is 5.41 Å². The van der Waals surface area contributed by atoms with Gasteiger partial charge in [0.15, 0.2) is 17.5 Å². The van der Waals surface area contributed by atoms with Crippen LogP contribution in [0.1, 0.15) is 37.0 Å². The van der Waals surface area contributed by atoms with Gasteiger partial charge in [0.1, 0.15) is 0 Å². The van der Waals surface area contributed by atoms with Crippen molar-refractivity contribution in [2.75, 3.05) is 13.1 Å². The van der Waals surface area contributed by atoms with Crippen molar-refractivity contribution in [3.8, 4) is 0 Å². The maximum Gasteiger partial charge on any atom is 0.256 e. The summed E-state index contributed by atoms with van der Waals surface area (Å²) in [6, 6.07) is 1.77. The first-order chi connectivity index (χ1) is 8.82. The van der Waals surface area contributed by atoms with Crippen LogP contribution in [0.25, 0.3) is 0 Å². The summed E-state index contributed by atoms with van der Waals surface area (Å²) in [5, 5.41) is 0. The molecular formula is C14H16F3NO. The number of likely N-dealkylation sites (tertiary alicyclic amines) is 1. The Bertz CT molecular complexity index is 504. The molecule has 2 nitrogen and oxygen atoms in total. The number of amides is 1. The van der Waals surface area contributed by atoms with E-state index in [1.165, 1.54) is 4.90 Å². The first-order valence-electron chi connectivity index (χ1n) is 6.24. The summed E-state index contributed by atoms with van der Waals surface area (Å²) in [7, 11) is 0. The lowest BCUT2D eigenvalue weighted by Gasteiger charge is -2.37. The highest BCUT2D eigenvalue weighted by Crippen LogP contribution is 2.30. The van der Waals surface area contributed by atoms with Crippen LogP contribution < -0.4 is 0 Å². The van der Waals surface area contributed by atoms with Crippen molar-refractivity contribution >= 4 is 5.91 Å². The quantitative estimate of drug-likeness (QED) is 0.717. The molecule has 0 saturated carbocycles. The van der Waals surface area contributed by atoms with Gasteiger partial charge in [-0.2, -0.15) is 0 Å². The van der Waals surface area contributed by atoms with Crippen LogP contribution in [0, 0.1) is 22.9 Å². The summed E-state index contributed by atoms with van der Waals surface area (Å²) in [5.41, 5.74) is -0.248. The second-order valence-corrected chi connectivity index (χ2v) is 5.68. The Hall–Kier alpha value is -1.52. The predicted molar refractivity (Wildman–Crippen MR) is 65.2 cm³/mol. The van der Waals surface area contributed by atoms with E-state index in [9.17, 15) is 18.0 Å². The number of hydrogen-bond acceptors (Lipinski definition) is 1. The zero-order valence-corrected chi connectivity index (χ0v) is 11.0. The Morgan fingerprint density at radius 2 is 1.68 bits per heavy atom. The summed E-state index contributed by atoms with van der Waals surface area (Å²) in [4.78, 5) is 13.6. The van der Waals surface area contributed by atoms with E-state index in [4.69, 9.17) is 0 Å². The third-order valence-electron chi connectivity index (χ3n) is 3.67. The van der Waals surface area contributed by atoms with Gasteiger partial charge in [-0.25, -0.2) is 13.2 Å². The molecule has 104 valence electrons. The van der Waals surface area contributed by atoms with Crippen molar-refractivity contribution in [2.45, 2.75) is 26.7 Å². The van der Waals surface area contributed by atoms with Gasteiger partial charge in [0.05, 0.1) is 5.56 Å². The van der Waals surface area contributed by atoms with Crippen LogP contribution in [0.5, 0.6) is 0 Å². The minimum absolute atomic E-state index is 0.156. The summed E-state index contributed by atoms with van der Waals surface area (Å²) >= 11 is 0. The van der Waals surface area contributed by atoms with E-state index < -0.39 is 28.9 Å². The number of carbonyl (C=O) groups excluding carboxylic acids is 1. The molecule has 0 spiro atoms. The molecule has 0 aliphatic carbocycles. The Morgan fingerprint density at radius 3 is 2.26 bits per heavy atom. The average molecular weight is 271 g/mol. The normalized spacial score (nSPS) is 18.5. The molecule has 0 radical (unpaired) electrons. The number of nitrogens with zero attached hydrogens (tertiary/aromatic N) is 1. The van der Waals surface area contributed by atoms with Crippen molar-refractivity contribution in [3.05, 3.63) is 35.1 Å². The zero-order valence-electron chi connectivity index (χ0n) is 11.0. The van der Waals surface area contributed by atoms with Crippen LogP contribution in [-0.4, -0.2) is 23.9 Å². The number of carbonyl (C=O) groups is 1. The molecule has 1 aliphatic heterocycles. The van der Waals surface area contributed by atoms with E-state index in [0.717, 1.165) is 25.0 Å². The molecule has 0 bridgehead atoms. The maximum absolute atomic E-state index is 13.6. The molecule has 1 heterocycles. The number of hydrogen-bond donors (Lipinski definition) is 0. The second kappa shape index (κ2) is 4.87. The van der Waals surface area contributed by atoms with Gasteiger partial charge < -0.3 is 4.90 Å². The molecule has 1 saturated heterocycles. The number of piperidine rings is 1. The SMILES string of the molecule is CC1(C)CCN(C(=O)c2ccc(F)c(F)c2F)CC1. The molecule has 19 heavy (non-hydrogen) atoms. The van der Waals surface area contributed by atoms with E-state index in [1.807, 2.05) is 0 Å². The molecule has 2 rings (SSSR count). The van der Waals surface area contributed by atoms with Gasteiger partial charge in [-0.3, -0.25) is 4.79 Å². The Morgan fingerprint density at radius 1 is 1.11 bits per heavy atom. The Balaban J connectivity index is 2.20. The van der Waals surface area contributed by atoms with Crippen molar-refractivity contribution < 1.29 is 18.0 Å². The molecular weight excluding hydrogens is 255 g/mol. The molecule has 1 aromatic rings. The molecule has 0 atom stereocenters. The third kappa shape index (κ3) is 2.74. The van der Waals surface area contributed by atoms with Crippen LogP contribution >= 0.6 is 0 Å². The number of halogens is 3. The van der Waals surface area contributed by atoms with Crippen molar-refractivity contribution in [3.63, 3.8) is 0 Å². The molecule has 0 unspecified atom stereocenters. The highest BCUT2D eigenvalue weighted by molar-refractivity contribution is 5.94. The third-order valence-corrected chi connectivity index (χ3v) is 3.67. The lowest BCUT2D eigenvalue weighted by atomic mass is 9.82. The summed E-state index contributed by atoms with van der Waals surface area (Å²) in [6.07, 6.45) is 1.62. The topological polar surface area (TPSA) is 20.3 Å². The van der Waals surface area contributed by atoms with E-state index in [2.05, 4.69) is 13.8 Å². The van der Waals surface area contributed by atoms with Crippen molar-refractivity contribution in [1.29, 1.82) is 0 Å². The summed E-state index contributed by atoms with van der Waals surface area (Å²) < 4.78 is 39.5. The van der Waals surface area contributed by atoms with Gasteiger partial charge >= 0.3 is 0 Å². The van der Waals surface area contributed by atoms with E-state index in [1.54, 1.807) is 0 Å². The smallest absolute Gasteiger partial charge is 0.256 e. The van der Waals surface area contributed by atoms with E-state index in [0.29, 0.717) is 13.1 Å². The first kappa shape index (κ1) is 13.9. The fourth-order valence-electron chi connectivity index (χ4n) is 2.18. The average Bonchev–Trinajstić information content (AvgIpc) is 2.35. The van der Waals surface area contributed by atoms with Crippen LogP contribution in [0.2, 0.25) is 0 Å². The van der Waals surface area contributed by atoms with Crippen LogP contribution in [-0.2, 0) is 0 Å². The monoisotopic (exact) mass is 271 g/mol. The maximum atomic E-state index is 13.6. The van der Waals surface area contributed by atoms with Crippen LogP contribution in [0.4, 0.5) is 13.2 Å². The lowest BCUT2D eigenvalue weighted by molar-refractivity contribution is 0.0624. The van der Waals surface area contributed by atoms with Crippen LogP contribution in [0.3, 0.4) is 0 Å². The van der Waals surface area contributed by atoms with Gasteiger partial charge in [0.2, 0.25) is 0 Å². The molecule has 1 amide bonds. The van der Waals surface area contributed by atoms with Gasteiger partial charge in [0, 0.05) is 13.1 Å². The van der Waals surface area contributed by atoms with Gasteiger partial charge in [-0.15, -0.1) is 0 Å². The number of benzene rings is 1. The lowest BCUT2D eigenvalue weighted by Crippen LogP contribution is -2.41. The van der Waals surface area contributed by atoms with E-state index >= 15 is 0 Å². The Kier molecular flexibility index (Phi) is 3.56. The number of rotatable bonds is 1.